The van der Waals surface area contributed by atoms with Gasteiger partial charge >= 0.3 is 6.16 Å². The third kappa shape index (κ3) is 3.03. The Kier molecular flexibility index (Phi) is 4.43. The highest BCUT2D eigenvalue weighted by atomic mass is 35.5. The van der Waals surface area contributed by atoms with Crippen molar-refractivity contribution in [3.8, 4) is 11.5 Å². The van der Waals surface area contributed by atoms with Gasteiger partial charge in [-0.15, -0.1) is 11.6 Å². The fourth-order valence-electron chi connectivity index (χ4n) is 1.45. The van der Waals surface area contributed by atoms with E-state index in [4.69, 9.17) is 16.7 Å². The normalized spacial score (nSPS) is 10.1. The van der Waals surface area contributed by atoms with Crippen molar-refractivity contribution in [1.29, 1.82) is 0 Å². The zero-order valence-electron chi connectivity index (χ0n) is 8.86. The van der Waals surface area contributed by atoms with Crippen LogP contribution in [0.3, 0.4) is 0 Å². The molecule has 0 aliphatic rings. The first-order valence-electron chi connectivity index (χ1n) is 4.84. The highest BCUT2D eigenvalue weighted by Gasteiger charge is 2.13. The van der Waals surface area contributed by atoms with E-state index in [0.29, 0.717) is 24.3 Å². The number of halogens is 1. The number of phenolic OH excluding ortho intramolecular Hbond substituents is 1. The Morgan fingerprint density at radius 3 is 2.75 bits per heavy atom. The van der Waals surface area contributed by atoms with Crippen LogP contribution >= 0.6 is 11.6 Å². The molecule has 0 fully saturated rings. The van der Waals surface area contributed by atoms with E-state index in [0.717, 1.165) is 5.56 Å². The predicted molar refractivity (Wildman–Crippen MR) is 60.5 cm³/mol. The monoisotopic (exact) mass is 244 g/mol. The third-order valence-corrected chi connectivity index (χ3v) is 2.50. The second kappa shape index (κ2) is 5.61. The molecule has 4 nitrogen and oxygen atoms in total. The van der Waals surface area contributed by atoms with Gasteiger partial charge in [0.2, 0.25) is 0 Å². The van der Waals surface area contributed by atoms with Crippen molar-refractivity contribution in [1.82, 2.24) is 0 Å². The molecule has 0 bridgehead atoms. The van der Waals surface area contributed by atoms with Gasteiger partial charge in [0.05, 0.1) is 0 Å². The minimum atomic E-state index is -1.44. The van der Waals surface area contributed by atoms with E-state index in [-0.39, 0.29) is 11.5 Å². The number of hydrogen-bond donors (Lipinski definition) is 2. The van der Waals surface area contributed by atoms with Gasteiger partial charge in [0.25, 0.3) is 0 Å². The highest BCUT2D eigenvalue weighted by Crippen LogP contribution is 2.33. The van der Waals surface area contributed by atoms with Crippen LogP contribution in [-0.4, -0.2) is 22.2 Å². The van der Waals surface area contributed by atoms with Crippen LogP contribution in [0.2, 0.25) is 0 Å². The lowest BCUT2D eigenvalue weighted by atomic mass is 10.0. The van der Waals surface area contributed by atoms with Gasteiger partial charge in [0, 0.05) is 11.4 Å². The Morgan fingerprint density at radius 1 is 1.50 bits per heavy atom. The Labute approximate surface area is 98.4 Å². The Bertz CT molecular complexity index is 390. The third-order valence-electron chi connectivity index (χ3n) is 2.24. The molecule has 0 atom stereocenters. The second-order valence-electron chi connectivity index (χ2n) is 3.37. The molecule has 0 aliphatic carbocycles. The highest BCUT2D eigenvalue weighted by molar-refractivity contribution is 6.17. The minimum Gasteiger partial charge on any atom is -0.504 e. The molecule has 88 valence electrons. The van der Waals surface area contributed by atoms with Crippen molar-refractivity contribution >= 4 is 17.8 Å². The molecule has 0 saturated heterocycles. The van der Waals surface area contributed by atoms with E-state index in [1.165, 1.54) is 6.07 Å². The van der Waals surface area contributed by atoms with Crippen molar-refractivity contribution in [3.05, 3.63) is 23.3 Å². The van der Waals surface area contributed by atoms with Gasteiger partial charge in [-0.05, 0) is 31.4 Å². The van der Waals surface area contributed by atoms with Crippen molar-refractivity contribution in [3.63, 3.8) is 0 Å². The number of alkyl halides is 1. The van der Waals surface area contributed by atoms with Crippen LogP contribution in [0.15, 0.2) is 12.1 Å². The van der Waals surface area contributed by atoms with E-state index < -0.39 is 6.16 Å². The van der Waals surface area contributed by atoms with Gasteiger partial charge < -0.3 is 14.9 Å². The SMILES string of the molecule is Cc1ccc(OC(=O)O)c(O)c1CCCCl. The number of ether oxygens (including phenoxy) is 1. The molecular formula is C11H13ClO4. The fraction of sp³-hybridized carbons (Fsp3) is 0.364. The molecule has 1 aromatic carbocycles. The molecule has 1 rings (SSSR count). The standard InChI is InChI=1S/C11H13ClO4/c1-7-4-5-9(16-11(14)15)10(13)8(7)3-2-6-12/h4-5,13H,2-3,6H2,1H3,(H,14,15). The molecule has 2 N–H and O–H groups in total. The average molecular weight is 245 g/mol. The summed E-state index contributed by atoms with van der Waals surface area (Å²) in [6, 6.07) is 3.14. The summed E-state index contributed by atoms with van der Waals surface area (Å²) in [4.78, 5) is 10.4. The first-order chi connectivity index (χ1) is 7.56. The second-order valence-corrected chi connectivity index (χ2v) is 3.75. The van der Waals surface area contributed by atoms with Gasteiger partial charge in [-0.25, -0.2) is 4.79 Å². The number of aryl methyl sites for hydroxylation is 1. The van der Waals surface area contributed by atoms with Gasteiger partial charge in [-0.2, -0.15) is 0 Å². The molecule has 5 heteroatoms. The van der Waals surface area contributed by atoms with Crippen LogP contribution in [0.5, 0.6) is 11.5 Å². The van der Waals surface area contributed by atoms with Crippen LogP contribution in [0.4, 0.5) is 4.79 Å². The molecule has 0 aromatic heterocycles. The average Bonchev–Trinajstić information content (AvgIpc) is 2.22. The van der Waals surface area contributed by atoms with Crippen molar-refractivity contribution in [2.75, 3.05) is 5.88 Å². The van der Waals surface area contributed by atoms with E-state index in [9.17, 15) is 9.90 Å². The Morgan fingerprint density at radius 2 is 2.19 bits per heavy atom. The predicted octanol–water partition coefficient (Wildman–Crippen LogP) is 2.93. The van der Waals surface area contributed by atoms with Gasteiger partial charge in [0.15, 0.2) is 11.5 Å². The van der Waals surface area contributed by atoms with Crippen molar-refractivity contribution in [2.24, 2.45) is 0 Å². The molecular weight excluding hydrogens is 232 g/mol. The topological polar surface area (TPSA) is 66.8 Å². The maximum atomic E-state index is 10.4. The first kappa shape index (κ1) is 12.6. The van der Waals surface area contributed by atoms with Gasteiger partial charge in [-0.1, -0.05) is 6.07 Å². The van der Waals surface area contributed by atoms with Gasteiger partial charge in [-0.3, -0.25) is 0 Å². The van der Waals surface area contributed by atoms with Crippen molar-refractivity contribution < 1.29 is 19.7 Å². The Balaban J connectivity index is 3.01. The summed E-state index contributed by atoms with van der Waals surface area (Å²) in [5.41, 5.74) is 1.57. The smallest absolute Gasteiger partial charge is 0.504 e. The maximum Gasteiger partial charge on any atom is 0.511 e. The largest absolute Gasteiger partial charge is 0.511 e. The summed E-state index contributed by atoms with van der Waals surface area (Å²) in [7, 11) is 0. The van der Waals surface area contributed by atoms with Crippen LogP contribution < -0.4 is 4.74 Å². The zero-order chi connectivity index (χ0) is 12.1. The number of carboxylic acid groups (broad SMARTS) is 1. The molecule has 0 aliphatic heterocycles. The molecule has 16 heavy (non-hydrogen) atoms. The molecule has 0 unspecified atom stereocenters. The number of phenols is 1. The summed E-state index contributed by atoms with van der Waals surface area (Å²) in [5.74, 6) is 0.332. The van der Waals surface area contributed by atoms with E-state index >= 15 is 0 Å². The number of carbonyl (C=O) groups is 1. The van der Waals surface area contributed by atoms with E-state index in [1.54, 1.807) is 6.07 Å². The summed E-state index contributed by atoms with van der Waals surface area (Å²) < 4.78 is 4.45. The number of aromatic hydroxyl groups is 1. The van der Waals surface area contributed by atoms with Gasteiger partial charge in [0.1, 0.15) is 0 Å². The van der Waals surface area contributed by atoms with Crippen LogP contribution in [0.25, 0.3) is 0 Å². The van der Waals surface area contributed by atoms with Crippen LogP contribution in [0.1, 0.15) is 17.5 Å². The summed E-state index contributed by atoms with van der Waals surface area (Å²) in [6.07, 6.45) is -0.132. The quantitative estimate of drug-likeness (QED) is 0.486. The maximum absolute atomic E-state index is 10.4. The van der Waals surface area contributed by atoms with Crippen molar-refractivity contribution in [2.45, 2.75) is 19.8 Å². The minimum absolute atomic E-state index is 0.0392. The fourth-order valence-corrected chi connectivity index (χ4v) is 1.58. The van der Waals surface area contributed by atoms with Crippen LogP contribution in [-0.2, 0) is 6.42 Å². The number of rotatable bonds is 4. The Hall–Kier alpha value is -1.42. The summed E-state index contributed by atoms with van der Waals surface area (Å²) >= 11 is 5.57. The molecule has 0 heterocycles. The first-order valence-corrected chi connectivity index (χ1v) is 5.38. The number of benzene rings is 1. The van der Waals surface area contributed by atoms with Crippen LogP contribution in [0, 0.1) is 6.92 Å². The summed E-state index contributed by atoms with van der Waals surface area (Å²) in [6.45, 7) is 1.84. The van der Waals surface area contributed by atoms with E-state index in [1.807, 2.05) is 6.92 Å². The molecule has 0 radical (unpaired) electrons. The molecule has 0 saturated carbocycles. The van der Waals surface area contributed by atoms with E-state index in [2.05, 4.69) is 4.74 Å². The zero-order valence-corrected chi connectivity index (χ0v) is 9.62. The lowest BCUT2D eigenvalue weighted by Crippen LogP contribution is -2.04. The number of hydrogen-bond acceptors (Lipinski definition) is 3. The lowest BCUT2D eigenvalue weighted by molar-refractivity contribution is 0.143. The lowest BCUT2D eigenvalue weighted by Gasteiger charge is -2.10. The molecule has 0 spiro atoms. The molecule has 1 aromatic rings. The summed E-state index contributed by atoms with van der Waals surface area (Å²) in [5, 5.41) is 18.3. The molecule has 0 amide bonds.